The van der Waals surface area contributed by atoms with E-state index in [9.17, 15) is 40.8 Å². The van der Waals surface area contributed by atoms with Gasteiger partial charge in [-0.05, 0) is 36.6 Å². The minimum absolute atomic E-state index is 0.0949. The van der Waals surface area contributed by atoms with E-state index < -0.39 is 28.5 Å². The first-order valence-electron chi connectivity index (χ1n) is 9.01. The third-order valence-electron chi connectivity index (χ3n) is 4.96. The maximum Gasteiger partial charge on any atom is 0.435 e. The van der Waals surface area contributed by atoms with Crippen molar-refractivity contribution < 1.29 is 35.7 Å². The van der Waals surface area contributed by atoms with Gasteiger partial charge in [0.2, 0.25) is 0 Å². The van der Waals surface area contributed by atoms with Crippen molar-refractivity contribution in [3.63, 3.8) is 0 Å². The summed E-state index contributed by atoms with van der Waals surface area (Å²) in [6, 6.07) is 4.91. The molecule has 0 fully saturated rings. The van der Waals surface area contributed by atoms with E-state index in [0.717, 1.165) is 0 Å². The average molecular weight is 496 g/mol. The first-order chi connectivity index (χ1) is 15.1. The average Bonchev–Trinajstić information content (AvgIpc) is 3.14. The molecule has 5 nitrogen and oxygen atoms in total. The van der Waals surface area contributed by atoms with Crippen molar-refractivity contribution >= 4 is 17.3 Å². The third kappa shape index (κ3) is 4.14. The Morgan fingerprint density at radius 1 is 0.939 bits per heavy atom. The van der Waals surface area contributed by atoms with E-state index in [4.69, 9.17) is 11.6 Å². The van der Waals surface area contributed by atoms with Crippen LogP contribution < -0.4 is 0 Å². The van der Waals surface area contributed by atoms with E-state index >= 15 is 0 Å². The molecule has 1 aromatic heterocycles. The first-order valence-corrected chi connectivity index (χ1v) is 9.39. The number of halogens is 8. The van der Waals surface area contributed by atoms with Crippen LogP contribution in [0.1, 0.15) is 16.7 Å². The predicted octanol–water partition coefficient (Wildman–Crippen LogP) is 7.01. The zero-order valence-corrected chi connectivity index (χ0v) is 17.5. The summed E-state index contributed by atoms with van der Waals surface area (Å²) in [5.41, 5.74) is -6.87. The van der Waals surface area contributed by atoms with Gasteiger partial charge in [0.25, 0.3) is 5.69 Å². The fraction of sp³-hybridized carbons (Fsp3) is 0.250. The summed E-state index contributed by atoms with van der Waals surface area (Å²) in [6.07, 6.45) is -9.79. The van der Waals surface area contributed by atoms with Gasteiger partial charge in [-0.15, -0.1) is 0 Å². The maximum absolute atomic E-state index is 14.5. The van der Waals surface area contributed by atoms with Crippen molar-refractivity contribution in [1.29, 1.82) is 0 Å². The molecule has 3 aromatic rings. The van der Waals surface area contributed by atoms with Gasteiger partial charge < -0.3 is 0 Å². The molecule has 0 atom stereocenters. The topological polar surface area (TPSA) is 61.0 Å². The molecule has 0 aliphatic rings. The van der Waals surface area contributed by atoms with Gasteiger partial charge in [0.05, 0.1) is 16.8 Å². The molecule has 0 spiro atoms. The van der Waals surface area contributed by atoms with Crippen LogP contribution in [0.2, 0.25) is 5.02 Å². The summed E-state index contributed by atoms with van der Waals surface area (Å²) >= 11 is 5.78. The number of rotatable bonds is 4. The monoisotopic (exact) mass is 495 g/mol. The standard InChI is InChI=1S/C20H13ClF7N3O2/c1-10-5-14(18(22,19(23,24)25)20(26,27)28)6-11(2)17(10)30-9-13(8-29-30)12-3-4-15(21)16(7-12)31(32)33/h3-9H,1-2H3. The quantitative estimate of drug-likeness (QED) is 0.222. The Hall–Kier alpha value is -3.15. The largest absolute Gasteiger partial charge is 0.435 e. The van der Waals surface area contributed by atoms with Gasteiger partial charge in [-0.25, -0.2) is 9.07 Å². The van der Waals surface area contributed by atoms with Gasteiger partial charge >= 0.3 is 18.0 Å². The minimum atomic E-state index is -6.23. The van der Waals surface area contributed by atoms with Crippen molar-refractivity contribution in [3.8, 4) is 16.8 Å². The fourth-order valence-corrected chi connectivity index (χ4v) is 3.62. The number of aryl methyl sites for hydroxylation is 2. The Bertz CT molecular complexity index is 1200. The number of benzene rings is 2. The summed E-state index contributed by atoms with van der Waals surface area (Å²) in [5.74, 6) is 0. The Balaban J connectivity index is 2.10. The second-order valence-corrected chi connectivity index (χ2v) is 7.62. The van der Waals surface area contributed by atoms with Crippen LogP contribution in [0.5, 0.6) is 0 Å². The highest BCUT2D eigenvalue weighted by molar-refractivity contribution is 6.32. The van der Waals surface area contributed by atoms with Gasteiger partial charge in [0.1, 0.15) is 5.02 Å². The summed E-state index contributed by atoms with van der Waals surface area (Å²) in [6.45, 7) is 2.43. The van der Waals surface area contributed by atoms with Gasteiger partial charge in [-0.2, -0.15) is 31.4 Å². The van der Waals surface area contributed by atoms with E-state index in [0.29, 0.717) is 23.3 Å². The number of hydrogen-bond donors (Lipinski definition) is 0. The van der Waals surface area contributed by atoms with Crippen molar-refractivity contribution in [1.82, 2.24) is 9.78 Å². The number of aromatic nitrogens is 2. The molecule has 33 heavy (non-hydrogen) atoms. The van der Waals surface area contributed by atoms with Gasteiger partial charge in [-0.3, -0.25) is 10.1 Å². The molecule has 0 saturated carbocycles. The number of nitro groups is 1. The molecule has 0 radical (unpaired) electrons. The lowest BCUT2D eigenvalue weighted by atomic mass is 9.90. The number of hydrogen-bond acceptors (Lipinski definition) is 3. The predicted molar refractivity (Wildman–Crippen MR) is 105 cm³/mol. The molecule has 0 saturated heterocycles. The minimum Gasteiger partial charge on any atom is -0.258 e. The third-order valence-corrected chi connectivity index (χ3v) is 5.28. The number of nitrogens with zero attached hydrogens (tertiary/aromatic N) is 3. The molecular weight excluding hydrogens is 483 g/mol. The molecule has 0 unspecified atom stereocenters. The highest BCUT2D eigenvalue weighted by Gasteiger charge is 2.73. The van der Waals surface area contributed by atoms with Crippen LogP contribution in [0, 0.1) is 24.0 Å². The van der Waals surface area contributed by atoms with Crippen molar-refractivity contribution in [2.45, 2.75) is 31.9 Å². The first kappa shape index (κ1) is 24.5. The van der Waals surface area contributed by atoms with Crippen LogP contribution in [0.25, 0.3) is 16.8 Å². The highest BCUT2D eigenvalue weighted by Crippen LogP contribution is 2.53. The Morgan fingerprint density at radius 3 is 1.97 bits per heavy atom. The molecule has 1 heterocycles. The molecule has 3 rings (SSSR count). The molecule has 0 amide bonds. The molecule has 2 aromatic carbocycles. The summed E-state index contributed by atoms with van der Waals surface area (Å²) in [4.78, 5) is 10.4. The van der Waals surface area contributed by atoms with Crippen LogP contribution >= 0.6 is 11.6 Å². The summed E-state index contributed by atoms with van der Waals surface area (Å²) < 4.78 is 94.3. The second kappa shape index (κ2) is 8.01. The fourth-order valence-electron chi connectivity index (χ4n) is 3.43. The SMILES string of the molecule is Cc1cc(C(F)(C(F)(F)F)C(F)(F)F)cc(C)c1-n1cc(-c2ccc(Cl)c([N+](=O)[O-])c2)cn1. The zero-order chi connectivity index (χ0) is 24.9. The van der Waals surface area contributed by atoms with Crippen molar-refractivity contribution in [3.05, 3.63) is 74.6 Å². The van der Waals surface area contributed by atoms with E-state index in [1.165, 1.54) is 49.1 Å². The maximum atomic E-state index is 14.5. The van der Waals surface area contributed by atoms with Gasteiger partial charge in [0.15, 0.2) is 0 Å². The normalized spacial score (nSPS) is 12.8. The zero-order valence-electron chi connectivity index (χ0n) is 16.7. The van der Waals surface area contributed by atoms with Gasteiger partial charge in [-0.1, -0.05) is 29.8 Å². The Morgan fingerprint density at radius 2 is 1.48 bits per heavy atom. The van der Waals surface area contributed by atoms with Gasteiger partial charge in [0, 0.05) is 23.4 Å². The Labute approximate surface area is 186 Å². The molecule has 176 valence electrons. The number of nitro benzene ring substituents is 1. The summed E-state index contributed by atoms with van der Waals surface area (Å²) in [7, 11) is 0. The Kier molecular flexibility index (Phi) is 5.95. The van der Waals surface area contributed by atoms with Crippen LogP contribution in [0.3, 0.4) is 0 Å². The van der Waals surface area contributed by atoms with Crippen LogP contribution in [0.15, 0.2) is 42.7 Å². The summed E-state index contributed by atoms with van der Waals surface area (Å²) in [5, 5.41) is 15.0. The second-order valence-electron chi connectivity index (χ2n) is 7.21. The van der Waals surface area contributed by atoms with E-state index in [2.05, 4.69) is 5.10 Å². The number of alkyl halides is 7. The molecule has 0 aliphatic carbocycles. The van der Waals surface area contributed by atoms with Crippen molar-refractivity contribution in [2.75, 3.05) is 0 Å². The molecule has 0 aliphatic heterocycles. The lowest BCUT2D eigenvalue weighted by Gasteiger charge is -2.31. The van der Waals surface area contributed by atoms with E-state index in [1.807, 2.05) is 0 Å². The van der Waals surface area contributed by atoms with E-state index in [1.54, 1.807) is 0 Å². The molecule has 0 N–H and O–H groups in total. The highest BCUT2D eigenvalue weighted by atomic mass is 35.5. The molecule has 0 bridgehead atoms. The van der Waals surface area contributed by atoms with Crippen LogP contribution in [-0.2, 0) is 5.67 Å². The lowest BCUT2D eigenvalue weighted by molar-refractivity contribution is -0.384. The lowest BCUT2D eigenvalue weighted by Crippen LogP contribution is -2.50. The smallest absolute Gasteiger partial charge is 0.258 e. The van der Waals surface area contributed by atoms with Crippen molar-refractivity contribution in [2.24, 2.45) is 0 Å². The van der Waals surface area contributed by atoms with Crippen LogP contribution in [-0.4, -0.2) is 27.1 Å². The van der Waals surface area contributed by atoms with E-state index in [-0.39, 0.29) is 27.5 Å². The molecule has 13 heteroatoms. The molecular formula is C20H13ClF7N3O2. The van der Waals surface area contributed by atoms with Crippen LogP contribution in [0.4, 0.5) is 36.4 Å².